The van der Waals surface area contributed by atoms with E-state index in [-0.39, 0.29) is 24.7 Å². The van der Waals surface area contributed by atoms with Crippen LogP contribution in [-0.2, 0) is 20.7 Å². The van der Waals surface area contributed by atoms with Gasteiger partial charge in [-0.25, -0.2) is 4.39 Å². The van der Waals surface area contributed by atoms with Crippen molar-refractivity contribution >= 4 is 11.8 Å². The van der Waals surface area contributed by atoms with Gasteiger partial charge in [0.2, 0.25) is 11.8 Å². The highest BCUT2D eigenvalue weighted by atomic mass is 19.1. The molecule has 0 aliphatic carbocycles. The number of likely N-dealkylation sites (tertiary alicyclic amines) is 1. The molecule has 1 unspecified atom stereocenters. The van der Waals surface area contributed by atoms with Crippen molar-refractivity contribution in [1.82, 2.24) is 9.80 Å². The predicted molar refractivity (Wildman–Crippen MR) is 88.7 cm³/mol. The van der Waals surface area contributed by atoms with Gasteiger partial charge in [0.15, 0.2) is 0 Å². The SMILES string of the molecule is COc1ccc(CC2CC(=O)N(CCN3CCOCC3)C2=O)c(F)c1. The van der Waals surface area contributed by atoms with Gasteiger partial charge in [0.05, 0.1) is 26.2 Å². The number of nitrogens with zero attached hydrogens (tertiary/aromatic N) is 2. The number of hydrogen-bond acceptors (Lipinski definition) is 5. The van der Waals surface area contributed by atoms with Gasteiger partial charge in [-0.2, -0.15) is 0 Å². The number of rotatable bonds is 6. The quantitative estimate of drug-likeness (QED) is 0.719. The first-order valence-electron chi connectivity index (χ1n) is 8.55. The molecule has 1 aromatic rings. The molecule has 2 aliphatic rings. The largest absolute Gasteiger partial charge is 0.497 e. The Morgan fingerprint density at radius 3 is 2.68 bits per heavy atom. The zero-order chi connectivity index (χ0) is 17.8. The number of benzene rings is 1. The van der Waals surface area contributed by atoms with Crippen LogP contribution in [-0.4, -0.2) is 68.1 Å². The lowest BCUT2D eigenvalue weighted by atomic mass is 9.97. The highest BCUT2D eigenvalue weighted by Crippen LogP contribution is 2.26. The van der Waals surface area contributed by atoms with Gasteiger partial charge < -0.3 is 9.47 Å². The molecule has 136 valence electrons. The minimum absolute atomic E-state index is 0.146. The van der Waals surface area contributed by atoms with Crippen molar-refractivity contribution in [2.45, 2.75) is 12.8 Å². The van der Waals surface area contributed by atoms with Crippen LogP contribution < -0.4 is 4.74 Å². The summed E-state index contributed by atoms with van der Waals surface area (Å²) >= 11 is 0. The molecule has 6 nitrogen and oxygen atoms in total. The van der Waals surface area contributed by atoms with Crippen molar-refractivity contribution in [3.05, 3.63) is 29.6 Å². The normalized spacial score (nSPS) is 21.8. The molecule has 2 heterocycles. The first-order valence-corrected chi connectivity index (χ1v) is 8.55. The topological polar surface area (TPSA) is 59.1 Å². The molecule has 25 heavy (non-hydrogen) atoms. The molecule has 3 rings (SSSR count). The maximum Gasteiger partial charge on any atom is 0.233 e. The van der Waals surface area contributed by atoms with Crippen LogP contribution in [0.1, 0.15) is 12.0 Å². The molecule has 0 radical (unpaired) electrons. The van der Waals surface area contributed by atoms with E-state index in [2.05, 4.69) is 4.90 Å². The smallest absolute Gasteiger partial charge is 0.233 e. The first kappa shape index (κ1) is 17.8. The van der Waals surface area contributed by atoms with E-state index < -0.39 is 11.7 Å². The summed E-state index contributed by atoms with van der Waals surface area (Å²) in [5.74, 6) is -0.834. The van der Waals surface area contributed by atoms with Gasteiger partial charge in [0.1, 0.15) is 11.6 Å². The van der Waals surface area contributed by atoms with E-state index in [0.717, 1.165) is 13.1 Å². The number of methoxy groups -OCH3 is 1. The van der Waals surface area contributed by atoms with Crippen molar-refractivity contribution in [2.24, 2.45) is 5.92 Å². The fourth-order valence-electron chi connectivity index (χ4n) is 3.30. The van der Waals surface area contributed by atoms with E-state index >= 15 is 0 Å². The van der Waals surface area contributed by atoms with Gasteiger partial charge in [0, 0.05) is 38.7 Å². The molecule has 0 spiro atoms. The number of halogens is 1. The van der Waals surface area contributed by atoms with E-state index in [4.69, 9.17) is 9.47 Å². The molecular weight excluding hydrogens is 327 g/mol. The molecule has 1 atom stereocenters. The van der Waals surface area contributed by atoms with Crippen molar-refractivity contribution in [2.75, 3.05) is 46.5 Å². The van der Waals surface area contributed by atoms with Crippen molar-refractivity contribution in [3.8, 4) is 5.75 Å². The maximum atomic E-state index is 14.1. The number of amides is 2. The predicted octanol–water partition coefficient (Wildman–Crippen LogP) is 1.08. The average molecular weight is 350 g/mol. The Labute approximate surface area is 146 Å². The minimum Gasteiger partial charge on any atom is -0.497 e. The summed E-state index contributed by atoms with van der Waals surface area (Å²) in [6.07, 6.45) is 0.377. The Kier molecular flexibility index (Phi) is 5.65. The van der Waals surface area contributed by atoms with Crippen LogP contribution in [0.3, 0.4) is 0 Å². The number of morpholine rings is 1. The maximum absolute atomic E-state index is 14.1. The van der Waals surface area contributed by atoms with Crippen molar-refractivity contribution < 1.29 is 23.5 Å². The molecule has 0 bridgehead atoms. The number of carbonyl (C=O) groups excluding carboxylic acids is 2. The van der Waals surface area contributed by atoms with Crippen LogP contribution >= 0.6 is 0 Å². The van der Waals surface area contributed by atoms with Gasteiger partial charge in [-0.3, -0.25) is 19.4 Å². The molecule has 2 amide bonds. The third-order valence-corrected chi connectivity index (χ3v) is 4.81. The molecule has 0 aromatic heterocycles. The van der Waals surface area contributed by atoms with E-state index in [0.29, 0.717) is 37.6 Å². The summed E-state index contributed by atoms with van der Waals surface area (Å²) in [7, 11) is 1.47. The van der Waals surface area contributed by atoms with Gasteiger partial charge in [-0.1, -0.05) is 6.07 Å². The Bertz CT molecular complexity index is 646. The second-order valence-corrected chi connectivity index (χ2v) is 6.40. The summed E-state index contributed by atoms with van der Waals surface area (Å²) in [4.78, 5) is 28.2. The number of hydrogen-bond donors (Lipinski definition) is 0. The Morgan fingerprint density at radius 1 is 1.24 bits per heavy atom. The van der Waals surface area contributed by atoms with Gasteiger partial charge in [-0.05, 0) is 18.1 Å². The molecule has 0 saturated carbocycles. The Morgan fingerprint density at radius 2 is 2.00 bits per heavy atom. The van der Waals surface area contributed by atoms with E-state index in [1.807, 2.05) is 0 Å². The van der Waals surface area contributed by atoms with Crippen LogP contribution in [0.5, 0.6) is 5.75 Å². The van der Waals surface area contributed by atoms with E-state index in [1.54, 1.807) is 12.1 Å². The van der Waals surface area contributed by atoms with Gasteiger partial charge >= 0.3 is 0 Å². The Hall–Kier alpha value is -1.99. The summed E-state index contributed by atoms with van der Waals surface area (Å²) in [5.41, 5.74) is 0.432. The van der Waals surface area contributed by atoms with E-state index in [9.17, 15) is 14.0 Å². The van der Waals surface area contributed by atoms with Crippen molar-refractivity contribution in [3.63, 3.8) is 0 Å². The third-order valence-electron chi connectivity index (χ3n) is 4.81. The first-order chi connectivity index (χ1) is 12.1. The van der Waals surface area contributed by atoms with Crippen molar-refractivity contribution in [1.29, 1.82) is 0 Å². The molecule has 2 saturated heterocycles. The van der Waals surface area contributed by atoms with Crippen LogP contribution in [0, 0.1) is 11.7 Å². The molecular formula is C18H23FN2O4. The summed E-state index contributed by atoms with van der Waals surface area (Å²) in [5, 5.41) is 0. The Balaban J connectivity index is 1.58. The summed E-state index contributed by atoms with van der Waals surface area (Å²) in [6, 6.07) is 4.57. The van der Waals surface area contributed by atoms with Gasteiger partial charge in [0.25, 0.3) is 0 Å². The fraction of sp³-hybridized carbons (Fsp3) is 0.556. The molecule has 0 N–H and O–H groups in total. The lowest BCUT2D eigenvalue weighted by Crippen LogP contribution is -2.43. The third kappa shape index (κ3) is 4.16. The molecule has 2 aliphatic heterocycles. The van der Waals surface area contributed by atoms with Crippen LogP contribution in [0.25, 0.3) is 0 Å². The second kappa shape index (κ2) is 7.93. The van der Waals surface area contributed by atoms with Crippen LogP contribution in [0.4, 0.5) is 4.39 Å². The monoisotopic (exact) mass is 350 g/mol. The highest BCUT2D eigenvalue weighted by Gasteiger charge is 2.38. The fourth-order valence-corrected chi connectivity index (χ4v) is 3.30. The molecule has 7 heteroatoms. The number of imide groups is 1. The number of ether oxygens (including phenoxy) is 2. The lowest BCUT2D eigenvalue weighted by Gasteiger charge is -2.28. The molecule has 2 fully saturated rings. The number of carbonyl (C=O) groups is 2. The van der Waals surface area contributed by atoms with Gasteiger partial charge in [-0.15, -0.1) is 0 Å². The lowest BCUT2D eigenvalue weighted by molar-refractivity contribution is -0.139. The van der Waals surface area contributed by atoms with Crippen LogP contribution in [0.2, 0.25) is 0 Å². The zero-order valence-corrected chi connectivity index (χ0v) is 14.4. The second-order valence-electron chi connectivity index (χ2n) is 6.40. The standard InChI is InChI=1S/C18H23FN2O4/c1-24-15-3-2-13(16(19)12-15)10-14-11-17(22)21(18(14)23)5-4-20-6-8-25-9-7-20/h2-3,12,14H,4-11H2,1H3. The minimum atomic E-state index is -0.486. The average Bonchev–Trinajstić information content (AvgIpc) is 2.89. The summed E-state index contributed by atoms with van der Waals surface area (Å²) in [6.45, 7) is 4.04. The van der Waals surface area contributed by atoms with Crippen LogP contribution in [0.15, 0.2) is 18.2 Å². The molecule has 1 aromatic carbocycles. The van der Waals surface area contributed by atoms with E-state index in [1.165, 1.54) is 18.1 Å². The highest BCUT2D eigenvalue weighted by molar-refractivity contribution is 6.03. The zero-order valence-electron chi connectivity index (χ0n) is 14.4. The summed E-state index contributed by atoms with van der Waals surface area (Å²) < 4.78 is 24.4.